The van der Waals surface area contributed by atoms with Gasteiger partial charge >= 0.3 is 0 Å². The van der Waals surface area contributed by atoms with Gasteiger partial charge in [0.05, 0.1) is 6.85 Å². The summed E-state index contributed by atoms with van der Waals surface area (Å²) in [7, 11) is 0. The van der Waals surface area contributed by atoms with Crippen LogP contribution in [0.1, 0.15) is 6.85 Å². The zero-order chi connectivity index (χ0) is 19.3. The SMILES string of the molecule is [2H]c1c([2H])c([2H])c(-c2ccc3c(-c4ccccc4)c(Br)oc3c2)c([2H])c1[2H]. The van der Waals surface area contributed by atoms with Gasteiger partial charge in [-0.25, -0.2) is 0 Å². The number of benzene rings is 3. The fourth-order valence-electron chi connectivity index (χ4n) is 2.49. The molecule has 1 heterocycles. The Hall–Kier alpha value is -2.32. The van der Waals surface area contributed by atoms with Crippen LogP contribution in [0.3, 0.4) is 0 Å². The standard InChI is InChI=1S/C20H13BrO/c21-20-19(15-9-5-2-6-10-15)17-12-11-16(13-18(17)22-20)14-7-3-1-4-8-14/h1-13H/i1D,3D,4D,7D,8D. The Balaban J connectivity index is 1.95. The van der Waals surface area contributed by atoms with E-state index in [1.54, 1.807) is 12.1 Å². The second kappa shape index (κ2) is 5.47. The molecule has 0 radical (unpaired) electrons. The molecular weight excluding hydrogens is 336 g/mol. The third kappa shape index (κ3) is 2.26. The van der Waals surface area contributed by atoms with Crippen molar-refractivity contribution in [1.82, 2.24) is 0 Å². The van der Waals surface area contributed by atoms with E-state index in [4.69, 9.17) is 11.3 Å². The Labute approximate surface area is 144 Å². The van der Waals surface area contributed by atoms with E-state index in [1.165, 1.54) is 0 Å². The number of halogens is 1. The average molecular weight is 354 g/mol. The molecule has 3 aromatic carbocycles. The van der Waals surface area contributed by atoms with Crippen LogP contribution in [0.2, 0.25) is 0 Å². The van der Waals surface area contributed by atoms with E-state index in [2.05, 4.69) is 15.9 Å². The molecule has 0 bridgehead atoms. The Morgan fingerprint density at radius 3 is 2.36 bits per heavy atom. The van der Waals surface area contributed by atoms with Crippen molar-refractivity contribution in [1.29, 1.82) is 0 Å². The highest BCUT2D eigenvalue weighted by Crippen LogP contribution is 2.39. The van der Waals surface area contributed by atoms with Crippen LogP contribution in [0.4, 0.5) is 0 Å². The molecule has 0 unspecified atom stereocenters. The summed E-state index contributed by atoms with van der Waals surface area (Å²) in [6, 6.07) is 13.6. The van der Waals surface area contributed by atoms with Gasteiger partial charge in [-0.3, -0.25) is 0 Å². The molecule has 0 saturated heterocycles. The fourth-order valence-corrected chi connectivity index (χ4v) is 3.11. The fraction of sp³-hybridized carbons (Fsp3) is 0. The minimum atomic E-state index is -0.401. The summed E-state index contributed by atoms with van der Waals surface area (Å²) >= 11 is 3.46. The van der Waals surface area contributed by atoms with Gasteiger partial charge in [0.15, 0.2) is 4.67 Å². The van der Waals surface area contributed by atoms with Crippen LogP contribution in [0, 0.1) is 0 Å². The predicted octanol–water partition coefficient (Wildman–Crippen LogP) is 6.53. The van der Waals surface area contributed by atoms with E-state index in [9.17, 15) is 0 Å². The largest absolute Gasteiger partial charge is 0.449 e. The van der Waals surface area contributed by atoms with Crippen LogP contribution in [-0.4, -0.2) is 0 Å². The van der Waals surface area contributed by atoms with Crippen LogP contribution < -0.4 is 0 Å². The molecule has 22 heavy (non-hydrogen) atoms. The molecule has 0 amide bonds. The molecule has 1 nitrogen and oxygen atoms in total. The van der Waals surface area contributed by atoms with Crippen LogP contribution in [0.15, 0.2) is 87.8 Å². The van der Waals surface area contributed by atoms with Gasteiger partial charge in [0.1, 0.15) is 5.58 Å². The van der Waals surface area contributed by atoms with E-state index in [0.29, 0.717) is 15.8 Å². The molecule has 0 saturated carbocycles. The maximum Gasteiger partial charge on any atom is 0.178 e. The molecule has 2 heteroatoms. The lowest BCUT2D eigenvalue weighted by Gasteiger charge is -2.02. The molecule has 0 aliphatic carbocycles. The first-order valence-electron chi connectivity index (χ1n) is 9.25. The van der Waals surface area contributed by atoms with E-state index >= 15 is 0 Å². The van der Waals surface area contributed by atoms with Crippen molar-refractivity contribution in [3.05, 3.63) is 83.4 Å². The molecular formula is C20H13BrO. The summed E-state index contributed by atoms with van der Waals surface area (Å²) in [5.41, 5.74) is 3.17. The second-order valence-corrected chi connectivity index (χ2v) is 5.55. The molecule has 0 spiro atoms. The van der Waals surface area contributed by atoms with Crippen molar-refractivity contribution >= 4 is 26.9 Å². The summed E-state index contributed by atoms with van der Waals surface area (Å²) in [4.78, 5) is 0. The summed E-state index contributed by atoms with van der Waals surface area (Å²) in [5.74, 6) is 0. The monoisotopic (exact) mass is 353 g/mol. The second-order valence-electron chi connectivity index (χ2n) is 4.83. The molecule has 0 aliphatic heterocycles. The quantitative estimate of drug-likeness (QED) is 0.399. The minimum Gasteiger partial charge on any atom is -0.449 e. The molecule has 0 atom stereocenters. The number of hydrogen-bond acceptors (Lipinski definition) is 1. The molecule has 0 N–H and O–H groups in total. The smallest absolute Gasteiger partial charge is 0.178 e. The number of rotatable bonds is 2. The summed E-state index contributed by atoms with van der Waals surface area (Å²) in [5, 5.41) is 0.879. The van der Waals surface area contributed by atoms with Crippen molar-refractivity contribution in [2.24, 2.45) is 0 Å². The van der Waals surface area contributed by atoms with Gasteiger partial charge in [-0.2, -0.15) is 0 Å². The summed E-state index contributed by atoms with van der Waals surface area (Å²) < 4.78 is 46.2. The van der Waals surface area contributed by atoms with Crippen LogP contribution >= 0.6 is 15.9 Å². The zero-order valence-electron chi connectivity index (χ0n) is 16.4. The third-order valence-electron chi connectivity index (χ3n) is 3.50. The topological polar surface area (TPSA) is 13.1 Å². The van der Waals surface area contributed by atoms with Gasteiger partial charge in [-0.15, -0.1) is 0 Å². The van der Waals surface area contributed by atoms with E-state index in [-0.39, 0.29) is 29.7 Å². The highest BCUT2D eigenvalue weighted by molar-refractivity contribution is 9.10. The third-order valence-corrected chi connectivity index (χ3v) is 4.06. The molecule has 0 aliphatic rings. The Morgan fingerprint density at radius 2 is 1.59 bits per heavy atom. The minimum absolute atomic E-state index is 0.164. The van der Waals surface area contributed by atoms with Crippen molar-refractivity contribution in [3.8, 4) is 22.3 Å². The first-order valence-corrected chi connectivity index (χ1v) is 7.54. The molecule has 0 fully saturated rings. The number of hydrogen-bond donors (Lipinski definition) is 0. The number of fused-ring (bicyclic) bond motifs is 1. The highest BCUT2D eigenvalue weighted by atomic mass is 79.9. The van der Waals surface area contributed by atoms with E-state index < -0.39 is 6.04 Å². The highest BCUT2D eigenvalue weighted by Gasteiger charge is 2.14. The van der Waals surface area contributed by atoms with Crippen molar-refractivity contribution in [2.75, 3.05) is 0 Å². The Kier molecular flexibility index (Phi) is 2.23. The lowest BCUT2D eigenvalue weighted by atomic mass is 10.0. The normalized spacial score (nSPS) is 14.1. The van der Waals surface area contributed by atoms with Crippen LogP contribution in [0.5, 0.6) is 0 Å². The van der Waals surface area contributed by atoms with Gasteiger partial charge in [-0.1, -0.05) is 66.6 Å². The van der Waals surface area contributed by atoms with Gasteiger partial charge in [0, 0.05) is 10.9 Å². The first-order chi connectivity index (χ1) is 12.9. The van der Waals surface area contributed by atoms with Crippen molar-refractivity contribution in [2.45, 2.75) is 0 Å². The van der Waals surface area contributed by atoms with Crippen molar-refractivity contribution in [3.63, 3.8) is 0 Å². The lowest BCUT2D eigenvalue weighted by molar-refractivity contribution is 0.589. The van der Waals surface area contributed by atoms with Gasteiger partial charge in [-0.05, 0) is 44.8 Å². The van der Waals surface area contributed by atoms with Crippen molar-refractivity contribution < 1.29 is 11.3 Å². The lowest BCUT2D eigenvalue weighted by Crippen LogP contribution is -1.78. The average Bonchev–Trinajstić information content (AvgIpc) is 3.00. The summed E-state index contributed by atoms with van der Waals surface area (Å²) in [6.45, 7) is 0. The van der Waals surface area contributed by atoms with Gasteiger partial charge in [0.2, 0.25) is 0 Å². The Bertz CT molecular complexity index is 1160. The van der Waals surface area contributed by atoms with E-state index in [1.807, 2.05) is 36.4 Å². The van der Waals surface area contributed by atoms with Crippen LogP contribution in [0.25, 0.3) is 33.2 Å². The molecule has 106 valence electrons. The van der Waals surface area contributed by atoms with E-state index in [0.717, 1.165) is 16.5 Å². The van der Waals surface area contributed by atoms with Gasteiger partial charge in [0.25, 0.3) is 0 Å². The Morgan fingerprint density at radius 1 is 0.818 bits per heavy atom. The number of furan rings is 1. The summed E-state index contributed by atoms with van der Waals surface area (Å²) in [6.07, 6.45) is 0. The van der Waals surface area contributed by atoms with Gasteiger partial charge < -0.3 is 4.42 Å². The maximum atomic E-state index is 8.15. The maximum absolute atomic E-state index is 8.15. The molecule has 4 aromatic rings. The first kappa shape index (κ1) is 8.96. The van der Waals surface area contributed by atoms with Crippen LogP contribution in [-0.2, 0) is 0 Å². The molecule has 1 aromatic heterocycles. The predicted molar refractivity (Wildman–Crippen MR) is 94.8 cm³/mol. The molecule has 4 rings (SSSR count). The zero-order valence-corrected chi connectivity index (χ0v) is 13.0.